The quantitative estimate of drug-likeness (QED) is 0.429. The van der Waals surface area contributed by atoms with E-state index >= 15 is 4.39 Å². The topological polar surface area (TPSA) is 64.2 Å². The number of aryl methyl sites for hydroxylation is 2. The van der Waals surface area contributed by atoms with E-state index < -0.39 is 17.0 Å². The number of amides is 1. The first-order valence-electron chi connectivity index (χ1n) is 12.6. The second-order valence-electron chi connectivity index (χ2n) is 10.3. The molecule has 1 atom stereocenters. The lowest BCUT2D eigenvalue weighted by Crippen LogP contribution is -2.55. The molecule has 0 saturated carbocycles. The van der Waals surface area contributed by atoms with Crippen molar-refractivity contribution in [2.45, 2.75) is 84.3 Å². The number of hydrogen-bond acceptors (Lipinski definition) is 3. The Bertz CT molecular complexity index is 1220. The maximum Gasteiger partial charge on any atom is 0.254 e. The fourth-order valence-corrected chi connectivity index (χ4v) is 5.93. The third kappa shape index (κ3) is 3.93. The van der Waals surface area contributed by atoms with Gasteiger partial charge in [0, 0.05) is 5.56 Å². The second kappa shape index (κ2) is 9.14. The molecular formula is C29H37FN4O. The van der Waals surface area contributed by atoms with E-state index in [-0.39, 0.29) is 11.9 Å². The summed E-state index contributed by atoms with van der Waals surface area (Å²) < 4.78 is 17.3. The summed E-state index contributed by atoms with van der Waals surface area (Å²) in [5, 5.41) is 4.81. The number of rotatable bonds is 7. The van der Waals surface area contributed by atoms with E-state index in [0.717, 1.165) is 24.8 Å². The summed E-state index contributed by atoms with van der Waals surface area (Å²) in [5.41, 5.74) is 9.05. The van der Waals surface area contributed by atoms with E-state index in [1.807, 2.05) is 23.7 Å². The van der Waals surface area contributed by atoms with E-state index in [2.05, 4.69) is 63.8 Å². The molecule has 2 aromatic carbocycles. The number of carbonyl (C=O) groups excluding carboxylic acids is 1. The Kier molecular flexibility index (Phi) is 6.52. The van der Waals surface area contributed by atoms with Crippen LogP contribution in [0.5, 0.6) is 0 Å². The van der Waals surface area contributed by atoms with Crippen LogP contribution >= 0.6 is 0 Å². The number of nitrogens with zero attached hydrogens (tertiary/aromatic N) is 3. The van der Waals surface area contributed by atoms with Crippen LogP contribution in [0.1, 0.15) is 92.7 Å². The summed E-state index contributed by atoms with van der Waals surface area (Å²) in [7, 11) is 0. The van der Waals surface area contributed by atoms with E-state index in [1.54, 1.807) is 6.07 Å². The molecule has 4 rings (SSSR count). The van der Waals surface area contributed by atoms with Crippen LogP contribution in [0.3, 0.4) is 0 Å². The molecular weight excluding hydrogens is 439 g/mol. The van der Waals surface area contributed by atoms with Gasteiger partial charge >= 0.3 is 0 Å². The smallest absolute Gasteiger partial charge is 0.254 e. The molecule has 0 unspecified atom stereocenters. The SMILES string of the molecule is CCc1ccc(C(CC)(CC)N2c3c(C(N)=O)c(C)nn3C(C)(C)C[C@@H]2c2ccccc2F)cc1. The molecule has 3 aromatic rings. The lowest BCUT2D eigenvalue weighted by atomic mass is 9.77. The third-order valence-electron chi connectivity index (χ3n) is 7.88. The molecule has 5 nitrogen and oxygen atoms in total. The van der Waals surface area contributed by atoms with Crippen molar-refractivity contribution in [3.05, 3.63) is 82.3 Å². The van der Waals surface area contributed by atoms with Gasteiger partial charge in [-0.15, -0.1) is 0 Å². The molecule has 1 aromatic heterocycles. The molecule has 0 radical (unpaired) electrons. The zero-order valence-electron chi connectivity index (χ0n) is 21.7. The van der Waals surface area contributed by atoms with Gasteiger partial charge in [-0.3, -0.25) is 4.79 Å². The predicted molar refractivity (Wildman–Crippen MR) is 139 cm³/mol. The van der Waals surface area contributed by atoms with Gasteiger partial charge in [-0.1, -0.05) is 63.2 Å². The molecule has 0 saturated heterocycles. The minimum absolute atomic E-state index is 0.244. The Hall–Kier alpha value is -3.15. The van der Waals surface area contributed by atoms with Crippen LogP contribution in [0.2, 0.25) is 0 Å². The summed E-state index contributed by atoms with van der Waals surface area (Å²) in [6, 6.07) is 15.4. The Morgan fingerprint density at radius 1 is 1.11 bits per heavy atom. The van der Waals surface area contributed by atoms with Crippen molar-refractivity contribution in [3.8, 4) is 0 Å². The monoisotopic (exact) mass is 476 g/mol. The van der Waals surface area contributed by atoms with Crippen LogP contribution < -0.4 is 10.6 Å². The van der Waals surface area contributed by atoms with E-state index in [1.165, 1.54) is 11.6 Å². The van der Waals surface area contributed by atoms with Crippen LogP contribution in [0, 0.1) is 12.7 Å². The van der Waals surface area contributed by atoms with Crippen molar-refractivity contribution < 1.29 is 9.18 Å². The molecule has 6 heteroatoms. The van der Waals surface area contributed by atoms with Gasteiger partial charge in [0.05, 0.1) is 22.8 Å². The highest BCUT2D eigenvalue weighted by molar-refractivity contribution is 5.99. The predicted octanol–water partition coefficient (Wildman–Crippen LogP) is 6.39. The summed E-state index contributed by atoms with van der Waals surface area (Å²) >= 11 is 0. The Labute approximate surface area is 208 Å². The van der Waals surface area contributed by atoms with Crippen molar-refractivity contribution in [2.75, 3.05) is 4.90 Å². The first-order chi connectivity index (χ1) is 16.6. The van der Waals surface area contributed by atoms with E-state index in [9.17, 15) is 4.79 Å². The molecule has 0 aliphatic carbocycles. The zero-order chi connectivity index (χ0) is 25.5. The number of benzene rings is 2. The number of aromatic nitrogens is 2. The molecule has 0 bridgehead atoms. The first-order valence-corrected chi connectivity index (χ1v) is 12.6. The number of anilines is 1. The van der Waals surface area contributed by atoms with Gasteiger partial charge in [0.25, 0.3) is 5.91 Å². The molecule has 1 aliphatic rings. The van der Waals surface area contributed by atoms with Crippen molar-refractivity contribution in [2.24, 2.45) is 5.73 Å². The standard InChI is InChI=1S/C29H37FN4O/c1-7-20-14-16-21(17-15-20)29(8-2,9-3)33-24(22-12-10-11-13-23(22)30)18-28(5,6)34-27(33)25(26(31)35)19(4)32-34/h10-17,24H,7-9,18H2,1-6H3,(H2,31,35)/t24-/m1/s1. The number of carbonyl (C=O) groups is 1. The maximum atomic E-state index is 15.4. The molecule has 1 amide bonds. The number of halogens is 1. The van der Waals surface area contributed by atoms with Crippen molar-refractivity contribution in [3.63, 3.8) is 0 Å². The van der Waals surface area contributed by atoms with E-state index in [0.29, 0.717) is 29.1 Å². The van der Waals surface area contributed by atoms with Gasteiger partial charge in [-0.25, -0.2) is 9.07 Å². The second-order valence-corrected chi connectivity index (χ2v) is 10.3. The van der Waals surface area contributed by atoms with E-state index in [4.69, 9.17) is 10.8 Å². The van der Waals surface area contributed by atoms with Crippen molar-refractivity contribution >= 4 is 11.7 Å². The lowest BCUT2D eigenvalue weighted by molar-refractivity contribution is 0.0998. The highest BCUT2D eigenvalue weighted by Crippen LogP contribution is 2.53. The minimum Gasteiger partial charge on any atom is -0.365 e. The molecule has 0 spiro atoms. The van der Waals surface area contributed by atoms with Crippen LogP contribution in [0.4, 0.5) is 10.2 Å². The average Bonchev–Trinajstić information content (AvgIpc) is 3.20. The van der Waals surface area contributed by atoms with Crippen LogP contribution in [0.25, 0.3) is 0 Å². The maximum absolute atomic E-state index is 15.4. The fourth-order valence-electron chi connectivity index (χ4n) is 5.93. The summed E-state index contributed by atoms with van der Waals surface area (Å²) in [6.07, 6.45) is 3.12. The molecule has 0 fully saturated rings. The molecule has 2 heterocycles. The summed E-state index contributed by atoms with van der Waals surface area (Å²) in [4.78, 5) is 15.1. The van der Waals surface area contributed by atoms with Gasteiger partial charge < -0.3 is 10.6 Å². The average molecular weight is 477 g/mol. The zero-order valence-corrected chi connectivity index (χ0v) is 21.7. The van der Waals surface area contributed by atoms with Crippen LogP contribution in [-0.2, 0) is 17.5 Å². The van der Waals surface area contributed by atoms with Crippen LogP contribution in [-0.4, -0.2) is 15.7 Å². The van der Waals surface area contributed by atoms with Gasteiger partial charge in [-0.05, 0) is 63.6 Å². The van der Waals surface area contributed by atoms with Gasteiger partial charge in [0.2, 0.25) is 0 Å². The van der Waals surface area contributed by atoms with Gasteiger partial charge in [-0.2, -0.15) is 5.10 Å². The van der Waals surface area contributed by atoms with Crippen molar-refractivity contribution in [1.82, 2.24) is 9.78 Å². The van der Waals surface area contributed by atoms with Gasteiger partial charge in [0.1, 0.15) is 17.2 Å². The first kappa shape index (κ1) is 25.0. The van der Waals surface area contributed by atoms with Gasteiger partial charge in [0.15, 0.2) is 0 Å². The highest BCUT2D eigenvalue weighted by atomic mass is 19.1. The Morgan fingerprint density at radius 3 is 2.29 bits per heavy atom. The van der Waals surface area contributed by atoms with Crippen LogP contribution in [0.15, 0.2) is 48.5 Å². The lowest BCUT2D eigenvalue weighted by Gasteiger charge is -2.54. The number of nitrogens with two attached hydrogens (primary N) is 1. The highest BCUT2D eigenvalue weighted by Gasteiger charge is 2.50. The normalized spacial score (nSPS) is 17.3. The number of fused-ring (bicyclic) bond motifs is 1. The Balaban J connectivity index is 2.09. The van der Waals surface area contributed by atoms with Crippen molar-refractivity contribution in [1.29, 1.82) is 0 Å². The molecule has 1 aliphatic heterocycles. The number of hydrogen-bond donors (Lipinski definition) is 1. The molecule has 35 heavy (non-hydrogen) atoms. The summed E-state index contributed by atoms with van der Waals surface area (Å²) in [6.45, 7) is 12.5. The molecule has 2 N–H and O–H groups in total. The number of primary amides is 1. The Morgan fingerprint density at radius 2 is 1.74 bits per heavy atom. The summed E-state index contributed by atoms with van der Waals surface area (Å²) in [5.74, 6) is -0.0741. The largest absolute Gasteiger partial charge is 0.365 e. The third-order valence-corrected chi connectivity index (χ3v) is 7.88. The fraction of sp³-hybridized carbons (Fsp3) is 0.448. The molecule has 186 valence electrons. The minimum atomic E-state index is -0.513.